The number of hydrogen-bond donors (Lipinski definition) is 2. The molecule has 1 aliphatic rings. The van der Waals surface area contributed by atoms with Gasteiger partial charge in [-0.15, -0.1) is 0 Å². The predicted molar refractivity (Wildman–Crippen MR) is 76.3 cm³/mol. The van der Waals surface area contributed by atoms with Gasteiger partial charge in [-0.1, -0.05) is 0 Å². The van der Waals surface area contributed by atoms with Gasteiger partial charge in [0, 0.05) is 38.0 Å². The van der Waals surface area contributed by atoms with E-state index in [1.54, 1.807) is 13.3 Å². The highest BCUT2D eigenvalue weighted by Gasteiger charge is 2.24. The van der Waals surface area contributed by atoms with E-state index in [0.717, 1.165) is 42.8 Å². The Kier molecular flexibility index (Phi) is 3.51. The van der Waals surface area contributed by atoms with Crippen molar-refractivity contribution in [3.8, 4) is 0 Å². The number of aryl methyl sites for hydroxylation is 1. The van der Waals surface area contributed by atoms with Crippen LogP contribution in [-0.2, 0) is 4.74 Å². The number of anilines is 3. The second-order valence-electron chi connectivity index (χ2n) is 4.88. The summed E-state index contributed by atoms with van der Waals surface area (Å²) in [7, 11) is 1.75. The van der Waals surface area contributed by atoms with Crippen LogP contribution < -0.4 is 10.2 Å². The van der Waals surface area contributed by atoms with Crippen molar-refractivity contribution in [3.05, 3.63) is 24.0 Å². The summed E-state index contributed by atoms with van der Waals surface area (Å²) >= 11 is 0. The van der Waals surface area contributed by atoms with E-state index >= 15 is 0 Å². The average Bonchev–Trinajstić information content (AvgIpc) is 3.08. The predicted octanol–water partition coefficient (Wildman–Crippen LogP) is 1.48. The van der Waals surface area contributed by atoms with Gasteiger partial charge in [0.25, 0.3) is 0 Å². The molecule has 0 bridgehead atoms. The van der Waals surface area contributed by atoms with E-state index in [1.807, 2.05) is 19.1 Å². The monoisotopic (exact) mass is 274 g/mol. The lowest BCUT2D eigenvalue weighted by Crippen LogP contribution is -2.24. The molecular weight excluding hydrogens is 256 g/mol. The summed E-state index contributed by atoms with van der Waals surface area (Å²) in [6, 6.07) is 3.77. The summed E-state index contributed by atoms with van der Waals surface area (Å²) in [5.41, 5.74) is 0.929. The van der Waals surface area contributed by atoms with Crippen LogP contribution in [0.4, 0.5) is 17.6 Å². The van der Waals surface area contributed by atoms with E-state index in [9.17, 15) is 0 Å². The molecule has 0 unspecified atom stereocenters. The van der Waals surface area contributed by atoms with Gasteiger partial charge in [0.15, 0.2) is 0 Å². The SMILES string of the molecule is CO[C@@H]1CCN(c2nc(C)cc(Nc3ccn[nH]3)n2)C1. The molecule has 1 saturated heterocycles. The van der Waals surface area contributed by atoms with Crippen molar-refractivity contribution in [3.63, 3.8) is 0 Å². The number of H-pyrrole nitrogens is 1. The third-order valence-corrected chi connectivity index (χ3v) is 3.37. The maximum absolute atomic E-state index is 5.38. The zero-order valence-electron chi connectivity index (χ0n) is 11.6. The van der Waals surface area contributed by atoms with Gasteiger partial charge in [-0.3, -0.25) is 5.10 Å². The molecule has 2 aromatic rings. The van der Waals surface area contributed by atoms with Crippen LogP contribution >= 0.6 is 0 Å². The number of ether oxygens (including phenoxy) is 1. The summed E-state index contributed by atoms with van der Waals surface area (Å²) in [5.74, 6) is 2.31. The van der Waals surface area contributed by atoms with Gasteiger partial charge in [-0.25, -0.2) is 4.98 Å². The highest BCUT2D eigenvalue weighted by molar-refractivity contribution is 5.53. The fourth-order valence-electron chi connectivity index (χ4n) is 2.32. The van der Waals surface area contributed by atoms with E-state index in [1.165, 1.54) is 0 Å². The Morgan fingerprint density at radius 2 is 2.35 bits per heavy atom. The van der Waals surface area contributed by atoms with Crippen molar-refractivity contribution >= 4 is 17.6 Å². The molecule has 106 valence electrons. The minimum absolute atomic E-state index is 0.267. The highest BCUT2D eigenvalue weighted by atomic mass is 16.5. The largest absolute Gasteiger partial charge is 0.380 e. The Balaban J connectivity index is 1.80. The van der Waals surface area contributed by atoms with Gasteiger partial charge in [0.05, 0.1) is 12.3 Å². The van der Waals surface area contributed by atoms with Crippen molar-refractivity contribution in [1.29, 1.82) is 0 Å². The van der Waals surface area contributed by atoms with E-state index in [2.05, 4.69) is 30.4 Å². The van der Waals surface area contributed by atoms with E-state index in [-0.39, 0.29) is 6.10 Å². The molecule has 1 atom stereocenters. The van der Waals surface area contributed by atoms with Gasteiger partial charge in [0.1, 0.15) is 11.6 Å². The van der Waals surface area contributed by atoms with E-state index in [0.29, 0.717) is 0 Å². The lowest BCUT2D eigenvalue weighted by Gasteiger charge is -2.17. The number of hydrogen-bond acceptors (Lipinski definition) is 6. The average molecular weight is 274 g/mol. The number of nitrogens with zero attached hydrogens (tertiary/aromatic N) is 4. The second kappa shape index (κ2) is 5.46. The molecule has 2 N–H and O–H groups in total. The molecule has 3 rings (SSSR count). The maximum Gasteiger partial charge on any atom is 0.227 e. The lowest BCUT2D eigenvalue weighted by molar-refractivity contribution is 0.121. The molecule has 7 nitrogen and oxygen atoms in total. The number of methoxy groups -OCH3 is 1. The first-order valence-corrected chi connectivity index (χ1v) is 6.64. The lowest BCUT2D eigenvalue weighted by atomic mass is 10.3. The van der Waals surface area contributed by atoms with Crippen LogP contribution in [0.5, 0.6) is 0 Å². The molecule has 0 aromatic carbocycles. The van der Waals surface area contributed by atoms with Crippen LogP contribution in [0.3, 0.4) is 0 Å². The summed E-state index contributed by atoms with van der Waals surface area (Å²) in [5, 5.41) is 9.95. The van der Waals surface area contributed by atoms with Gasteiger partial charge in [0.2, 0.25) is 5.95 Å². The van der Waals surface area contributed by atoms with Crippen LogP contribution in [0.25, 0.3) is 0 Å². The number of aromatic amines is 1. The van der Waals surface area contributed by atoms with Gasteiger partial charge in [-0.05, 0) is 13.3 Å². The van der Waals surface area contributed by atoms with Crippen LogP contribution in [0, 0.1) is 6.92 Å². The zero-order valence-corrected chi connectivity index (χ0v) is 11.6. The van der Waals surface area contributed by atoms with Crippen LogP contribution in [0.2, 0.25) is 0 Å². The van der Waals surface area contributed by atoms with Crippen molar-refractivity contribution < 1.29 is 4.74 Å². The zero-order chi connectivity index (χ0) is 13.9. The minimum atomic E-state index is 0.267. The van der Waals surface area contributed by atoms with Crippen LogP contribution in [0.1, 0.15) is 12.1 Å². The number of rotatable bonds is 4. The molecule has 1 fully saturated rings. The Morgan fingerprint density at radius 3 is 3.05 bits per heavy atom. The van der Waals surface area contributed by atoms with Crippen molar-refractivity contribution in [1.82, 2.24) is 20.2 Å². The third kappa shape index (κ3) is 2.72. The van der Waals surface area contributed by atoms with Crippen LogP contribution in [-0.4, -0.2) is 46.5 Å². The Morgan fingerprint density at radius 1 is 1.45 bits per heavy atom. The summed E-state index contributed by atoms with van der Waals surface area (Å²) in [6.07, 6.45) is 2.97. The first kappa shape index (κ1) is 12.9. The fraction of sp³-hybridized carbons (Fsp3) is 0.462. The normalized spacial score (nSPS) is 18.5. The standard InChI is InChI=1S/C13H18N6O/c1-9-7-12(16-11-3-5-14-18-11)17-13(15-9)19-6-4-10(8-19)20-2/h3,5,7,10H,4,6,8H2,1-2H3,(H2,14,15,16,17,18)/t10-/m1/s1. The quantitative estimate of drug-likeness (QED) is 0.879. The molecule has 0 amide bonds. The second-order valence-corrected chi connectivity index (χ2v) is 4.88. The molecule has 0 saturated carbocycles. The first-order valence-electron chi connectivity index (χ1n) is 6.64. The molecule has 7 heteroatoms. The minimum Gasteiger partial charge on any atom is -0.380 e. The number of aromatic nitrogens is 4. The van der Waals surface area contributed by atoms with Crippen molar-refractivity contribution in [2.24, 2.45) is 0 Å². The number of nitrogens with one attached hydrogen (secondary N) is 2. The molecule has 1 aliphatic heterocycles. The molecule has 0 spiro atoms. The molecular formula is C13H18N6O. The van der Waals surface area contributed by atoms with Gasteiger partial charge in [-0.2, -0.15) is 10.1 Å². The maximum atomic E-state index is 5.38. The molecule has 0 radical (unpaired) electrons. The Labute approximate surface area is 117 Å². The fourth-order valence-corrected chi connectivity index (χ4v) is 2.32. The summed E-state index contributed by atoms with van der Waals surface area (Å²) in [4.78, 5) is 11.2. The van der Waals surface area contributed by atoms with Crippen LogP contribution in [0.15, 0.2) is 18.3 Å². The highest BCUT2D eigenvalue weighted by Crippen LogP contribution is 2.21. The van der Waals surface area contributed by atoms with Crippen molar-refractivity contribution in [2.75, 3.05) is 30.4 Å². The first-order chi connectivity index (χ1) is 9.74. The summed E-state index contributed by atoms with van der Waals surface area (Å²) < 4.78 is 5.38. The smallest absolute Gasteiger partial charge is 0.227 e. The topological polar surface area (TPSA) is 79.0 Å². The molecule has 20 heavy (non-hydrogen) atoms. The molecule has 2 aromatic heterocycles. The Hall–Kier alpha value is -2.15. The molecule has 0 aliphatic carbocycles. The third-order valence-electron chi connectivity index (χ3n) is 3.37. The van der Waals surface area contributed by atoms with Gasteiger partial charge >= 0.3 is 0 Å². The van der Waals surface area contributed by atoms with Crippen molar-refractivity contribution in [2.45, 2.75) is 19.4 Å². The van der Waals surface area contributed by atoms with E-state index in [4.69, 9.17) is 4.74 Å². The molecule has 3 heterocycles. The Bertz CT molecular complexity index is 570. The van der Waals surface area contributed by atoms with E-state index < -0.39 is 0 Å². The van der Waals surface area contributed by atoms with Gasteiger partial charge < -0.3 is 15.0 Å². The summed E-state index contributed by atoms with van der Waals surface area (Å²) in [6.45, 7) is 3.72.